The third-order valence-corrected chi connectivity index (χ3v) is 7.21. The van der Waals surface area contributed by atoms with Crippen LogP contribution < -0.4 is 5.56 Å². The van der Waals surface area contributed by atoms with Crippen molar-refractivity contribution in [2.24, 2.45) is 5.92 Å². The lowest BCUT2D eigenvalue weighted by Crippen LogP contribution is -2.50. The number of pyridine rings is 1. The highest BCUT2D eigenvalue weighted by atomic mass is 16.5. The Morgan fingerprint density at radius 1 is 1.00 bits per heavy atom. The summed E-state index contributed by atoms with van der Waals surface area (Å²) in [5.74, 6) is -1.04. The average Bonchev–Trinajstić information content (AvgIpc) is 2.85. The van der Waals surface area contributed by atoms with Gasteiger partial charge >= 0.3 is 5.97 Å². The molecule has 2 atom stereocenters. The van der Waals surface area contributed by atoms with Gasteiger partial charge in [-0.1, -0.05) is 24.3 Å². The molecule has 2 saturated heterocycles. The number of amides is 1. The molecule has 2 fully saturated rings. The molecule has 4 heterocycles. The van der Waals surface area contributed by atoms with Crippen molar-refractivity contribution in [2.45, 2.75) is 25.4 Å². The van der Waals surface area contributed by atoms with Gasteiger partial charge < -0.3 is 24.0 Å². The van der Waals surface area contributed by atoms with E-state index in [0.29, 0.717) is 25.2 Å². The van der Waals surface area contributed by atoms with E-state index in [1.165, 1.54) is 0 Å². The topological polar surface area (TPSA) is 101 Å². The number of carboxylic acid groups (broad SMARTS) is 1. The second kappa shape index (κ2) is 10.3. The number of piperidine rings is 1. The summed E-state index contributed by atoms with van der Waals surface area (Å²) in [6, 6.07) is 12.1. The number of aliphatic carboxylic acids is 1. The number of rotatable bonds is 7. The lowest BCUT2D eigenvalue weighted by atomic mass is 9.82. The van der Waals surface area contributed by atoms with Crippen molar-refractivity contribution in [2.75, 3.05) is 52.6 Å². The molecule has 1 aromatic heterocycles. The van der Waals surface area contributed by atoms with Crippen molar-refractivity contribution in [1.29, 1.82) is 0 Å². The molecular weight excluding hydrogens is 450 g/mol. The first-order valence-electron chi connectivity index (χ1n) is 12.2. The standard InChI is InChI=1S/C26H31N3O6/c30-24(16-35-17-25(31)32)28-12-18-11-20(15-28)23-6-5-22(26(33)29(23)13-18)21-4-2-1-3-19(21)14-27-7-9-34-10-8-27/h1-6,18,20H,7-17H2,(H,31,32). The number of hydrogen-bond donors (Lipinski definition) is 1. The summed E-state index contributed by atoms with van der Waals surface area (Å²) in [6.45, 7) is 4.94. The molecule has 0 aliphatic carbocycles. The molecule has 0 radical (unpaired) electrons. The first-order valence-corrected chi connectivity index (χ1v) is 12.2. The SMILES string of the molecule is O=C(O)COCC(=O)N1CC2CC(C1)c1ccc(-c3ccccc3CN3CCOCC3)c(=O)n1C2. The fraction of sp³-hybridized carbons (Fsp3) is 0.500. The lowest BCUT2D eigenvalue weighted by Gasteiger charge is -2.43. The Balaban J connectivity index is 1.36. The Kier molecular flexibility index (Phi) is 6.99. The molecule has 1 N–H and O–H groups in total. The number of nitrogens with zero attached hydrogens (tertiary/aromatic N) is 3. The molecule has 9 nitrogen and oxygen atoms in total. The van der Waals surface area contributed by atoms with E-state index < -0.39 is 12.6 Å². The van der Waals surface area contributed by atoms with Crippen molar-refractivity contribution in [3.8, 4) is 11.1 Å². The number of likely N-dealkylation sites (tertiary alicyclic amines) is 1. The fourth-order valence-corrected chi connectivity index (χ4v) is 5.59. The number of aromatic nitrogens is 1. The van der Waals surface area contributed by atoms with E-state index >= 15 is 0 Å². The number of ether oxygens (including phenoxy) is 2. The normalized spacial score (nSPS) is 22.0. The van der Waals surface area contributed by atoms with Gasteiger partial charge in [0.15, 0.2) is 0 Å². The van der Waals surface area contributed by atoms with Crippen LogP contribution in [0.5, 0.6) is 0 Å². The maximum absolute atomic E-state index is 13.7. The molecule has 1 aromatic carbocycles. The van der Waals surface area contributed by atoms with Gasteiger partial charge in [0.2, 0.25) is 5.91 Å². The number of carboxylic acids is 1. The third kappa shape index (κ3) is 5.17. The highest BCUT2D eigenvalue weighted by molar-refractivity contribution is 5.78. The molecular formula is C26H31N3O6. The number of hydrogen-bond acceptors (Lipinski definition) is 6. The second-order valence-corrected chi connectivity index (χ2v) is 9.62. The molecule has 2 aromatic rings. The van der Waals surface area contributed by atoms with Crippen LogP contribution in [0.25, 0.3) is 11.1 Å². The first kappa shape index (κ1) is 23.7. The zero-order valence-electron chi connectivity index (χ0n) is 19.7. The number of benzene rings is 1. The quantitative estimate of drug-likeness (QED) is 0.638. The minimum Gasteiger partial charge on any atom is -0.480 e. The minimum atomic E-state index is -1.09. The Labute approximate surface area is 203 Å². The molecule has 5 rings (SSSR count). The molecule has 35 heavy (non-hydrogen) atoms. The van der Waals surface area contributed by atoms with Crippen molar-refractivity contribution >= 4 is 11.9 Å². The predicted molar refractivity (Wildman–Crippen MR) is 128 cm³/mol. The molecule has 2 unspecified atom stereocenters. The van der Waals surface area contributed by atoms with E-state index in [1.54, 1.807) is 4.90 Å². The van der Waals surface area contributed by atoms with Gasteiger partial charge in [-0.2, -0.15) is 0 Å². The summed E-state index contributed by atoms with van der Waals surface area (Å²) in [7, 11) is 0. The molecule has 2 bridgehead atoms. The van der Waals surface area contributed by atoms with Gasteiger partial charge in [-0.25, -0.2) is 4.79 Å². The van der Waals surface area contributed by atoms with E-state index in [9.17, 15) is 14.4 Å². The third-order valence-electron chi connectivity index (χ3n) is 7.21. The van der Waals surface area contributed by atoms with Gasteiger partial charge in [0.1, 0.15) is 13.2 Å². The highest BCUT2D eigenvalue weighted by Gasteiger charge is 2.36. The Bertz CT molecular complexity index is 1160. The summed E-state index contributed by atoms with van der Waals surface area (Å²) in [4.78, 5) is 41.0. The Morgan fingerprint density at radius 2 is 1.80 bits per heavy atom. The molecule has 0 spiro atoms. The molecule has 3 aliphatic rings. The lowest BCUT2D eigenvalue weighted by molar-refractivity contribution is -0.146. The molecule has 1 amide bonds. The van der Waals surface area contributed by atoms with Crippen LogP contribution in [0.1, 0.15) is 23.6 Å². The highest BCUT2D eigenvalue weighted by Crippen LogP contribution is 2.36. The van der Waals surface area contributed by atoms with Gasteiger partial charge in [0.05, 0.1) is 13.2 Å². The minimum absolute atomic E-state index is 0.0243. The fourth-order valence-electron chi connectivity index (χ4n) is 5.59. The monoisotopic (exact) mass is 481 g/mol. The van der Waals surface area contributed by atoms with Crippen LogP contribution in [0.15, 0.2) is 41.2 Å². The summed E-state index contributed by atoms with van der Waals surface area (Å²) in [5.41, 5.74) is 3.82. The summed E-state index contributed by atoms with van der Waals surface area (Å²) in [6.07, 6.45) is 0.937. The van der Waals surface area contributed by atoms with Crippen LogP contribution in [0, 0.1) is 5.92 Å². The van der Waals surface area contributed by atoms with Crippen molar-refractivity contribution in [1.82, 2.24) is 14.4 Å². The van der Waals surface area contributed by atoms with E-state index in [4.69, 9.17) is 14.6 Å². The van der Waals surface area contributed by atoms with Crippen molar-refractivity contribution in [3.63, 3.8) is 0 Å². The second-order valence-electron chi connectivity index (χ2n) is 9.62. The van der Waals surface area contributed by atoms with Crippen LogP contribution in [-0.4, -0.2) is 84.0 Å². The van der Waals surface area contributed by atoms with Gasteiger partial charge in [-0.05, 0) is 35.6 Å². The maximum atomic E-state index is 13.7. The van der Waals surface area contributed by atoms with Gasteiger partial charge in [-0.3, -0.25) is 14.5 Å². The molecule has 0 saturated carbocycles. The molecule has 3 aliphatic heterocycles. The van der Waals surface area contributed by atoms with Crippen LogP contribution >= 0.6 is 0 Å². The van der Waals surface area contributed by atoms with Crippen LogP contribution in [-0.2, 0) is 32.2 Å². The largest absolute Gasteiger partial charge is 0.480 e. The van der Waals surface area contributed by atoms with Gasteiger partial charge in [-0.15, -0.1) is 0 Å². The van der Waals surface area contributed by atoms with E-state index in [1.807, 2.05) is 34.9 Å². The smallest absolute Gasteiger partial charge is 0.329 e. The first-order chi connectivity index (χ1) is 17.0. The molecule has 186 valence electrons. The summed E-state index contributed by atoms with van der Waals surface area (Å²) < 4.78 is 12.4. The number of morpholine rings is 1. The summed E-state index contributed by atoms with van der Waals surface area (Å²) >= 11 is 0. The number of carbonyl (C=O) groups excluding carboxylic acids is 1. The number of fused-ring (bicyclic) bond motifs is 4. The predicted octanol–water partition coefficient (Wildman–Crippen LogP) is 1.39. The summed E-state index contributed by atoms with van der Waals surface area (Å²) in [5, 5.41) is 8.72. The van der Waals surface area contributed by atoms with Crippen molar-refractivity contribution < 1.29 is 24.2 Å². The van der Waals surface area contributed by atoms with E-state index in [-0.39, 0.29) is 29.9 Å². The van der Waals surface area contributed by atoms with Crippen LogP contribution in [0.2, 0.25) is 0 Å². The van der Waals surface area contributed by atoms with Crippen LogP contribution in [0.3, 0.4) is 0 Å². The van der Waals surface area contributed by atoms with Gasteiger partial charge in [0, 0.05) is 56.4 Å². The van der Waals surface area contributed by atoms with Crippen LogP contribution in [0.4, 0.5) is 0 Å². The van der Waals surface area contributed by atoms with E-state index in [0.717, 1.165) is 56.1 Å². The van der Waals surface area contributed by atoms with Gasteiger partial charge in [0.25, 0.3) is 5.56 Å². The zero-order chi connectivity index (χ0) is 24.4. The Morgan fingerprint density at radius 3 is 2.60 bits per heavy atom. The zero-order valence-corrected chi connectivity index (χ0v) is 19.7. The maximum Gasteiger partial charge on any atom is 0.329 e. The van der Waals surface area contributed by atoms with Crippen molar-refractivity contribution in [3.05, 3.63) is 58.0 Å². The Hall–Kier alpha value is -3.01. The average molecular weight is 482 g/mol. The number of carbonyl (C=O) groups is 2. The molecule has 9 heteroatoms. The van der Waals surface area contributed by atoms with E-state index in [2.05, 4.69) is 11.0 Å².